The number of anilines is 6. The number of aromatic nitrogens is 1. The molecule has 2 aromatic heterocycles. The molecule has 0 unspecified atom stereocenters. The number of thiophene rings is 1. The van der Waals surface area contributed by atoms with Crippen molar-refractivity contribution in [2.45, 2.75) is 0 Å². The average Bonchev–Trinajstić information content (AvgIpc) is 3.99. The van der Waals surface area contributed by atoms with Crippen molar-refractivity contribution in [3.8, 4) is 39.1 Å². The molecule has 0 aliphatic heterocycles. The van der Waals surface area contributed by atoms with E-state index in [1.165, 1.54) is 75.4 Å². The molecular formula is C66H45N3S. The fourth-order valence-corrected chi connectivity index (χ4v) is 11.6. The molecule has 0 radical (unpaired) electrons. The molecule has 70 heavy (non-hydrogen) atoms. The number of rotatable bonds is 10. The maximum atomic E-state index is 2.45. The Morgan fingerprint density at radius 2 is 0.743 bits per heavy atom. The van der Waals surface area contributed by atoms with E-state index in [1.807, 2.05) is 11.3 Å². The summed E-state index contributed by atoms with van der Waals surface area (Å²) in [4.78, 5) is 4.85. The predicted octanol–water partition coefficient (Wildman–Crippen LogP) is 19.1. The summed E-state index contributed by atoms with van der Waals surface area (Å²) in [5, 5.41) is 4.93. The van der Waals surface area contributed by atoms with Gasteiger partial charge in [0.2, 0.25) is 0 Å². The van der Waals surface area contributed by atoms with Crippen LogP contribution in [0, 0.1) is 0 Å². The molecule has 0 aliphatic carbocycles. The van der Waals surface area contributed by atoms with Gasteiger partial charge in [-0.3, -0.25) is 0 Å². The number of nitrogens with zero attached hydrogens (tertiary/aromatic N) is 3. The zero-order valence-corrected chi connectivity index (χ0v) is 39.0. The van der Waals surface area contributed by atoms with Crippen LogP contribution in [-0.2, 0) is 0 Å². The SMILES string of the molecule is c1ccc(-c2ccc(N(c3ccccc3)c3cc(N(c4ccccc4)c4ccc(-c5ccccc5)cc4)c4sc5c(-c6ccc7c8ccccc8n(-c8ccccc8)c7c6)cccc5c4c3)cc2)cc1. The van der Waals surface area contributed by atoms with E-state index in [4.69, 9.17) is 0 Å². The highest BCUT2D eigenvalue weighted by atomic mass is 32.1. The van der Waals surface area contributed by atoms with Gasteiger partial charge in [-0.1, -0.05) is 188 Å². The van der Waals surface area contributed by atoms with E-state index < -0.39 is 0 Å². The van der Waals surface area contributed by atoms with Gasteiger partial charge in [0.25, 0.3) is 0 Å². The van der Waals surface area contributed by atoms with Crippen molar-refractivity contribution in [2.75, 3.05) is 9.80 Å². The van der Waals surface area contributed by atoms with Gasteiger partial charge in [-0.2, -0.15) is 0 Å². The molecule has 3 nitrogen and oxygen atoms in total. The lowest BCUT2D eigenvalue weighted by atomic mass is 10.00. The average molecular weight is 912 g/mol. The van der Waals surface area contributed by atoms with Crippen molar-refractivity contribution in [1.29, 1.82) is 0 Å². The first kappa shape index (κ1) is 41.2. The third-order valence-corrected chi connectivity index (χ3v) is 14.8. The number of hydrogen-bond donors (Lipinski definition) is 0. The first-order chi connectivity index (χ1) is 34.7. The van der Waals surface area contributed by atoms with Crippen LogP contribution in [0.1, 0.15) is 0 Å². The summed E-state index contributed by atoms with van der Waals surface area (Å²) in [6.07, 6.45) is 0. The molecule has 13 rings (SSSR count). The van der Waals surface area contributed by atoms with Crippen LogP contribution in [-0.4, -0.2) is 4.57 Å². The highest BCUT2D eigenvalue weighted by Crippen LogP contribution is 2.51. The van der Waals surface area contributed by atoms with Gasteiger partial charge in [-0.15, -0.1) is 11.3 Å². The van der Waals surface area contributed by atoms with Gasteiger partial charge in [0.1, 0.15) is 0 Å². The van der Waals surface area contributed by atoms with Crippen LogP contribution in [0.25, 0.3) is 81.0 Å². The Morgan fingerprint density at radius 1 is 0.271 bits per heavy atom. The van der Waals surface area contributed by atoms with Gasteiger partial charge in [0.15, 0.2) is 0 Å². The van der Waals surface area contributed by atoms with Crippen LogP contribution in [0.2, 0.25) is 0 Å². The fraction of sp³-hybridized carbons (Fsp3) is 0. The van der Waals surface area contributed by atoms with Crippen molar-refractivity contribution in [3.05, 3.63) is 273 Å². The number of para-hydroxylation sites is 4. The van der Waals surface area contributed by atoms with Gasteiger partial charge < -0.3 is 14.4 Å². The Morgan fingerprint density at radius 3 is 1.37 bits per heavy atom. The number of benzene rings is 11. The largest absolute Gasteiger partial charge is 0.310 e. The molecule has 0 N–H and O–H groups in total. The Balaban J connectivity index is 1.06. The minimum absolute atomic E-state index is 1.07. The highest BCUT2D eigenvalue weighted by Gasteiger charge is 2.24. The van der Waals surface area contributed by atoms with Gasteiger partial charge in [-0.05, 0) is 118 Å². The molecule has 2 heterocycles. The molecule has 4 heteroatoms. The van der Waals surface area contributed by atoms with E-state index in [2.05, 4.69) is 287 Å². The third kappa shape index (κ3) is 7.30. The van der Waals surface area contributed by atoms with E-state index in [0.717, 1.165) is 39.8 Å². The first-order valence-corrected chi connectivity index (χ1v) is 24.6. The van der Waals surface area contributed by atoms with Crippen LogP contribution in [0.15, 0.2) is 273 Å². The fourth-order valence-electron chi connectivity index (χ4n) is 10.3. The summed E-state index contributed by atoms with van der Waals surface area (Å²) in [5.74, 6) is 0. The smallest absolute Gasteiger partial charge is 0.0661 e. The quantitative estimate of drug-likeness (QED) is 0.135. The molecule has 13 aromatic rings. The highest BCUT2D eigenvalue weighted by molar-refractivity contribution is 7.27. The Labute approximate surface area is 411 Å². The van der Waals surface area contributed by atoms with Crippen molar-refractivity contribution < 1.29 is 0 Å². The zero-order chi connectivity index (χ0) is 46.4. The van der Waals surface area contributed by atoms with Crippen molar-refractivity contribution in [1.82, 2.24) is 4.57 Å². The summed E-state index contributed by atoms with van der Waals surface area (Å²) in [5.41, 5.74) is 17.2. The minimum atomic E-state index is 1.07. The second-order valence-electron chi connectivity index (χ2n) is 17.7. The molecular weight excluding hydrogens is 867 g/mol. The normalized spacial score (nSPS) is 11.4. The minimum Gasteiger partial charge on any atom is -0.310 e. The molecule has 330 valence electrons. The molecule has 11 aromatic carbocycles. The van der Waals surface area contributed by atoms with Crippen molar-refractivity contribution in [2.24, 2.45) is 0 Å². The molecule has 0 atom stereocenters. The molecule has 0 saturated heterocycles. The van der Waals surface area contributed by atoms with E-state index in [0.29, 0.717) is 0 Å². The van der Waals surface area contributed by atoms with Gasteiger partial charge in [0, 0.05) is 60.4 Å². The Kier molecular flexibility index (Phi) is 10.4. The Bertz CT molecular complexity index is 3960. The second kappa shape index (κ2) is 17.6. The maximum absolute atomic E-state index is 2.45. The topological polar surface area (TPSA) is 11.4 Å². The van der Waals surface area contributed by atoms with Gasteiger partial charge in [0.05, 0.1) is 21.4 Å². The van der Waals surface area contributed by atoms with Crippen LogP contribution in [0.3, 0.4) is 0 Å². The monoisotopic (exact) mass is 911 g/mol. The van der Waals surface area contributed by atoms with Crippen LogP contribution >= 0.6 is 11.3 Å². The summed E-state index contributed by atoms with van der Waals surface area (Å²) in [6.45, 7) is 0. The van der Waals surface area contributed by atoms with E-state index in [1.54, 1.807) is 0 Å². The molecule has 0 aliphatic rings. The zero-order valence-electron chi connectivity index (χ0n) is 38.2. The lowest BCUT2D eigenvalue weighted by Gasteiger charge is -2.30. The van der Waals surface area contributed by atoms with Crippen LogP contribution < -0.4 is 9.80 Å². The van der Waals surface area contributed by atoms with E-state index in [-0.39, 0.29) is 0 Å². The third-order valence-electron chi connectivity index (χ3n) is 13.6. The van der Waals surface area contributed by atoms with Crippen LogP contribution in [0.5, 0.6) is 0 Å². The summed E-state index contributed by atoms with van der Waals surface area (Å²) < 4.78 is 4.88. The van der Waals surface area contributed by atoms with Gasteiger partial charge in [-0.25, -0.2) is 0 Å². The van der Waals surface area contributed by atoms with Crippen molar-refractivity contribution >= 4 is 87.4 Å². The Hall–Kier alpha value is -8.96. The van der Waals surface area contributed by atoms with E-state index in [9.17, 15) is 0 Å². The molecule has 0 fully saturated rings. The lowest BCUT2D eigenvalue weighted by Crippen LogP contribution is -2.13. The first-order valence-electron chi connectivity index (χ1n) is 23.8. The summed E-state index contributed by atoms with van der Waals surface area (Å²) in [6, 6.07) is 99.1. The standard InChI is InChI=1S/C66H45N3S/c1-6-19-46(20-7-1)48-33-38-54(39-34-48)67(51-23-10-3-11-24-51)56-44-61-60-31-18-30-57(50-37-42-59-58-29-16-17-32-62(58)69(63(59)43-50)53-27-14-5-15-28-53)65(60)70-66(61)64(45-56)68(52-25-12-4-13-26-52)55-40-35-49(36-41-55)47-21-8-2-9-22-47/h1-45H. The number of hydrogen-bond acceptors (Lipinski definition) is 3. The maximum Gasteiger partial charge on any atom is 0.0661 e. The second-order valence-corrected chi connectivity index (χ2v) is 18.7. The molecule has 0 amide bonds. The summed E-state index contributed by atoms with van der Waals surface area (Å²) >= 11 is 1.88. The van der Waals surface area contributed by atoms with Crippen molar-refractivity contribution in [3.63, 3.8) is 0 Å². The van der Waals surface area contributed by atoms with E-state index >= 15 is 0 Å². The van der Waals surface area contributed by atoms with Gasteiger partial charge >= 0.3 is 0 Å². The summed E-state index contributed by atoms with van der Waals surface area (Å²) in [7, 11) is 0. The lowest BCUT2D eigenvalue weighted by molar-refractivity contribution is 1.18. The molecule has 0 spiro atoms. The number of fused-ring (bicyclic) bond motifs is 6. The molecule has 0 saturated carbocycles. The van der Waals surface area contributed by atoms with Crippen LogP contribution in [0.4, 0.5) is 34.1 Å². The molecule has 0 bridgehead atoms. The predicted molar refractivity (Wildman–Crippen MR) is 299 cm³/mol.